The molecular formula is C16H19ClN2O. The van der Waals surface area contributed by atoms with Crippen molar-refractivity contribution in [3.8, 4) is 0 Å². The highest BCUT2D eigenvalue weighted by Crippen LogP contribution is 2.24. The van der Waals surface area contributed by atoms with Gasteiger partial charge in [-0.25, -0.2) is 4.98 Å². The van der Waals surface area contributed by atoms with E-state index in [1.807, 2.05) is 39.8 Å². The summed E-state index contributed by atoms with van der Waals surface area (Å²) in [6, 6.07) is 6.02. The van der Waals surface area contributed by atoms with Gasteiger partial charge in [-0.05, 0) is 44.9 Å². The highest BCUT2D eigenvalue weighted by atomic mass is 35.5. The Labute approximate surface area is 124 Å². The molecule has 2 aromatic rings. The summed E-state index contributed by atoms with van der Waals surface area (Å²) >= 11 is 6.16. The summed E-state index contributed by atoms with van der Waals surface area (Å²) in [5.41, 5.74) is 3.49. The Balaban J connectivity index is 2.50. The summed E-state index contributed by atoms with van der Waals surface area (Å²) in [6.07, 6.45) is 0.878. The minimum absolute atomic E-state index is 0.119. The normalized spacial score (nSPS) is 12.4. The maximum absolute atomic E-state index is 12.2. The Bertz CT molecular complexity index is 667. The third kappa shape index (κ3) is 2.93. The van der Waals surface area contributed by atoms with E-state index < -0.39 is 0 Å². The number of aromatic nitrogens is 1. The number of fused-ring (bicyclic) bond motifs is 1. The van der Waals surface area contributed by atoms with Crippen molar-refractivity contribution < 1.29 is 4.79 Å². The number of amides is 1. The van der Waals surface area contributed by atoms with Gasteiger partial charge in [-0.1, -0.05) is 30.2 Å². The molecule has 1 unspecified atom stereocenters. The van der Waals surface area contributed by atoms with E-state index in [1.54, 1.807) is 0 Å². The second kappa shape index (κ2) is 5.80. The molecule has 1 amide bonds. The van der Waals surface area contributed by atoms with Crippen LogP contribution in [0.1, 0.15) is 41.8 Å². The SMILES string of the molecule is CCC(C)NC(=O)c1cc2cc(C)cc(C)c2nc1Cl. The van der Waals surface area contributed by atoms with Crippen molar-refractivity contribution in [3.63, 3.8) is 0 Å². The molecule has 0 fully saturated rings. The van der Waals surface area contributed by atoms with Crippen LogP contribution >= 0.6 is 11.6 Å². The zero-order valence-electron chi connectivity index (χ0n) is 12.2. The van der Waals surface area contributed by atoms with Crippen LogP contribution in [0.5, 0.6) is 0 Å². The van der Waals surface area contributed by atoms with Gasteiger partial charge in [0.05, 0.1) is 11.1 Å². The van der Waals surface area contributed by atoms with Crippen LogP contribution in [-0.4, -0.2) is 16.9 Å². The lowest BCUT2D eigenvalue weighted by Crippen LogP contribution is -2.32. The van der Waals surface area contributed by atoms with Gasteiger partial charge in [-0.2, -0.15) is 0 Å². The highest BCUT2D eigenvalue weighted by Gasteiger charge is 2.15. The number of pyridine rings is 1. The lowest BCUT2D eigenvalue weighted by molar-refractivity contribution is 0.0939. The number of carbonyl (C=O) groups is 1. The second-order valence-electron chi connectivity index (χ2n) is 5.26. The van der Waals surface area contributed by atoms with Crippen molar-refractivity contribution >= 4 is 28.4 Å². The van der Waals surface area contributed by atoms with Gasteiger partial charge in [0.2, 0.25) is 0 Å². The van der Waals surface area contributed by atoms with Gasteiger partial charge in [-0.3, -0.25) is 4.79 Å². The molecule has 4 heteroatoms. The maximum atomic E-state index is 12.2. The summed E-state index contributed by atoms with van der Waals surface area (Å²) in [5.74, 6) is -0.169. The minimum atomic E-state index is -0.169. The fraction of sp³-hybridized carbons (Fsp3) is 0.375. The van der Waals surface area contributed by atoms with Crippen molar-refractivity contribution in [1.82, 2.24) is 10.3 Å². The van der Waals surface area contributed by atoms with Gasteiger partial charge in [0.1, 0.15) is 5.15 Å². The lowest BCUT2D eigenvalue weighted by Gasteiger charge is -2.13. The molecule has 0 radical (unpaired) electrons. The van der Waals surface area contributed by atoms with E-state index in [0.717, 1.165) is 28.5 Å². The molecular weight excluding hydrogens is 272 g/mol. The minimum Gasteiger partial charge on any atom is -0.350 e. The molecule has 2 rings (SSSR count). The van der Waals surface area contributed by atoms with E-state index in [9.17, 15) is 4.79 Å². The number of nitrogens with zero attached hydrogens (tertiary/aromatic N) is 1. The highest BCUT2D eigenvalue weighted by molar-refractivity contribution is 6.33. The summed E-state index contributed by atoms with van der Waals surface area (Å²) in [7, 11) is 0. The monoisotopic (exact) mass is 290 g/mol. The number of rotatable bonds is 3. The molecule has 0 aliphatic rings. The van der Waals surface area contributed by atoms with Crippen LogP contribution in [0.25, 0.3) is 10.9 Å². The topological polar surface area (TPSA) is 42.0 Å². The molecule has 0 saturated heterocycles. The predicted molar refractivity (Wildman–Crippen MR) is 83.4 cm³/mol. The third-order valence-corrected chi connectivity index (χ3v) is 3.73. The lowest BCUT2D eigenvalue weighted by atomic mass is 10.1. The fourth-order valence-electron chi connectivity index (χ4n) is 2.19. The molecule has 1 aromatic heterocycles. The van der Waals surface area contributed by atoms with Gasteiger partial charge in [0, 0.05) is 11.4 Å². The number of carbonyl (C=O) groups excluding carboxylic acids is 1. The van der Waals surface area contributed by atoms with Gasteiger partial charge in [-0.15, -0.1) is 0 Å². The van der Waals surface area contributed by atoms with Crippen LogP contribution in [0, 0.1) is 13.8 Å². The fourth-order valence-corrected chi connectivity index (χ4v) is 2.42. The van der Waals surface area contributed by atoms with E-state index in [-0.39, 0.29) is 17.1 Å². The van der Waals surface area contributed by atoms with Crippen LogP contribution < -0.4 is 5.32 Å². The van der Waals surface area contributed by atoms with Gasteiger partial charge >= 0.3 is 0 Å². The van der Waals surface area contributed by atoms with E-state index >= 15 is 0 Å². The zero-order chi connectivity index (χ0) is 14.9. The molecule has 20 heavy (non-hydrogen) atoms. The molecule has 0 bridgehead atoms. The van der Waals surface area contributed by atoms with E-state index in [0.29, 0.717) is 5.56 Å². The summed E-state index contributed by atoms with van der Waals surface area (Å²) in [5, 5.41) is 4.12. The standard InChI is InChI=1S/C16H19ClN2O/c1-5-11(4)18-16(20)13-8-12-7-9(2)6-10(3)14(12)19-15(13)17/h6-8,11H,5H2,1-4H3,(H,18,20). The summed E-state index contributed by atoms with van der Waals surface area (Å²) in [6.45, 7) is 8.02. The Morgan fingerprint density at radius 3 is 2.70 bits per heavy atom. The number of nitrogens with one attached hydrogen (secondary N) is 1. The molecule has 0 aliphatic carbocycles. The van der Waals surface area contributed by atoms with Crippen molar-refractivity contribution in [2.24, 2.45) is 0 Å². The summed E-state index contributed by atoms with van der Waals surface area (Å²) in [4.78, 5) is 16.6. The molecule has 0 spiro atoms. The van der Waals surface area contributed by atoms with Crippen LogP contribution in [0.15, 0.2) is 18.2 Å². The summed E-state index contributed by atoms with van der Waals surface area (Å²) < 4.78 is 0. The Hall–Kier alpha value is -1.61. The average molecular weight is 291 g/mol. The Morgan fingerprint density at radius 2 is 2.05 bits per heavy atom. The van der Waals surface area contributed by atoms with Gasteiger partial charge in [0.25, 0.3) is 5.91 Å². The average Bonchev–Trinajstić information content (AvgIpc) is 2.38. The van der Waals surface area contributed by atoms with E-state index in [2.05, 4.69) is 16.4 Å². The van der Waals surface area contributed by atoms with Crippen molar-refractivity contribution in [2.45, 2.75) is 40.2 Å². The first-order valence-electron chi connectivity index (χ1n) is 6.80. The predicted octanol–water partition coefficient (Wildman–Crippen LogP) is 4.03. The van der Waals surface area contributed by atoms with E-state index in [4.69, 9.17) is 11.6 Å². The number of benzene rings is 1. The van der Waals surface area contributed by atoms with Crippen LogP contribution in [-0.2, 0) is 0 Å². The first kappa shape index (κ1) is 14.8. The van der Waals surface area contributed by atoms with Crippen LogP contribution in [0.4, 0.5) is 0 Å². The zero-order valence-corrected chi connectivity index (χ0v) is 13.0. The quantitative estimate of drug-likeness (QED) is 0.867. The second-order valence-corrected chi connectivity index (χ2v) is 5.62. The van der Waals surface area contributed by atoms with Crippen LogP contribution in [0.3, 0.4) is 0 Å². The molecule has 1 atom stereocenters. The molecule has 1 heterocycles. The molecule has 1 aromatic carbocycles. The number of halogens is 1. The molecule has 0 saturated carbocycles. The number of hydrogen-bond donors (Lipinski definition) is 1. The maximum Gasteiger partial charge on any atom is 0.254 e. The Morgan fingerprint density at radius 1 is 1.35 bits per heavy atom. The van der Waals surface area contributed by atoms with Gasteiger partial charge < -0.3 is 5.32 Å². The molecule has 3 nitrogen and oxygen atoms in total. The first-order chi connectivity index (χ1) is 9.42. The first-order valence-corrected chi connectivity index (χ1v) is 7.18. The smallest absolute Gasteiger partial charge is 0.254 e. The number of aryl methyl sites for hydroxylation is 2. The van der Waals surface area contributed by atoms with Crippen molar-refractivity contribution in [2.75, 3.05) is 0 Å². The number of hydrogen-bond acceptors (Lipinski definition) is 2. The largest absolute Gasteiger partial charge is 0.350 e. The van der Waals surface area contributed by atoms with Crippen LogP contribution in [0.2, 0.25) is 5.15 Å². The Kier molecular flexibility index (Phi) is 4.29. The molecule has 0 aliphatic heterocycles. The molecule has 106 valence electrons. The molecule has 1 N–H and O–H groups in total. The van der Waals surface area contributed by atoms with Crippen molar-refractivity contribution in [3.05, 3.63) is 40.0 Å². The van der Waals surface area contributed by atoms with E-state index in [1.165, 1.54) is 0 Å². The van der Waals surface area contributed by atoms with Crippen molar-refractivity contribution in [1.29, 1.82) is 0 Å². The third-order valence-electron chi connectivity index (χ3n) is 3.44. The van der Waals surface area contributed by atoms with Gasteiger partial charge in [0.15, 0.2) is 0 Å².